The Morgan fingerprint density at radius 1 is 1.33 bits per heavy atom. The van der Waals surface area contributed by atoms with E-state index in [-0.39, 0.29) is 24.0 Å². The van der Waals surface area contributed by atoms with Crippen molar-refractivity contribution in [2.45, 2.75) is 19.9 Å². The molecule has 2 heteroatoms. The van der Waals surface area contributed by atoms with Gasteiger partial charge in [-0.25, -0.2) is 0 Å². The summed E-state index contributed by atoms with van der Waals surface area (Å²) in [6, 6.07) is -0.0481. The summed E-state index contributed by atoms with van der Waals surface area (Å²) in [5.41, 5.74) is 5.88. The Labute approximate surface area is 73.8 Å². The van der Waals surface area contributed by atoms with Crippen molar-refractivity contribution in [1.29, 1.82) is 0 Å². The molecular weight excluding hydrogens is 150 g/mol. The van der Waals surface area contributed by atoms with Crippen molar-refractivity contribution < 1.29 is 5.11 Å². The first kappa shape index (κ1) is 9.49. The molecule has 2 nitrogen and oxygen atoms in total. The quantitative estimate of drug-likeness (QED) is 0.574. The molecule has 0 aliphatic heterocycles. The Kier molecular flexibility index (Phi) is 2.70. The van der Waals surface area contributed by atoms with E-state index in [1.165, 1.54) is 0 Å². The van der Waals surface area contributed by atoms with E-state index in [4.69, 9.17) is 10.8 Å². The Hall–Kier alpha value is -0.600. The first-order chi connectivity index (χ1) is 5.55. The van der Waals surface area contributed by atoms with Gasteiger partial charge in [-0.2, -0.15) is 0 Å². The fraction of sp³-hybridized carbons (Fsp3) is 0.600. The number of nitrogens with two attached hydrogens (primary N) is 1. The van der Waals surface area contributed by atoms with Crippen LogP contribution >= 0.6 is 0 Å². The van der Waals surface area contributed by atoms with Crippen LogP contribution in [0.5, 0.6) is 0 Å². The first-order valence-electron chi connectivity index (χ1n) is 4.30. The van der Waals surface area contributed by atoms with E-state index in [1.54, 1.807) is 0 Å². The molecule has 1 aliphatic rings. The van der Waals surface area contributed by atoms with Crippen molar-refractivity contribution in [2.24, 2.45) is 17.1 Å². The lowest BCUT2D eigenvalue weighted by Gasteiger charge is -2.12. The molecule has 1 unspecified atom stereocenters. The van der Waals surface area contributed by atoms with Crippen LogP contribution in [0.15, 0.2) is 24.3 Å². The highest BCUT2D eigenvalue weighted by atomic mass is 16.3. The minimum Gasteiger partial charge on any atom is -0.396 e. The van der Waals surface area contributed by atoms with Crippen molar-refractivity contribution in [1.82, 2.24) is 0 Å². The van der Waals surface area contributed by atoms with Gasteiger partial charge in [0.1, 0.15) is 0 Å². The molecule has 0 aromatic rings. The number of aliphatic hydroxyl groups excluding tert-OH is 1. The standard InChI is InChI=1S/C10H17NO/c1-10(2)5-3-8(7-12)9(11)4-6-10/h3-6,8-9,12H,7,11H2,1-2H3/t8?,9-/m0/s1. The van der Waals surface area contributed by atoms with Gasteiger partial charge in [-0.1, -0.05) is 38.2 Å². The highest BCUT2D eigenvalue weighted by Gasteiger charge is 2.18. The van der Waals surface area contributed by atoms with E-state index in [0.717, 1.165) is 0 Å². The van der Waals surface area contributed by atoms with E-state index < -0.39 is 0 Å². The van der Waals surface area contributed by atoms with Gasteiger partial charge in [0, 0.05) is 17.4 Å². The molecule has 68 valence electrons. The molecule has 0 aromatic heterocycles. The van der Waals surface area contributed by atoms with Crippen LogP contribution in [-0.2, 0) is 0 Å². The van der Waals surface area contributed by atoms with Crippen LogP contribution in [0.25, 0.3) is 0 Å². The van der Waals surface area contributed by atoms with Crippen LogP contribution in [0.3, 0.4) is 0 Å². The number of aliphatic hydroxyl groups is 1. The number of hydrogen-bond donors (Lipinski definition) is 2. The molecule has 0 radical (unpaired) electrons. The highest BCUT2D eigenvalue weighted by Crippen LogP contribution is 2.24. The van der Waals surface area contributed by atoms with Gasteiger partial charge in [0.25, 0.3) is 0 Å². The van der Waals surface area contributed by atoms with Gasteiger partial charge in [-0.15, -0.1) is 0 Å². The summed E-state index contributed by atoms with van der Waals surface area (Å²) in [5.74, 6) is 0.0722. The van der Waals surface area contributed by atoms with Crippen molar-refractivity contribution in [3.63, 3.8) is 0 Å². The monoisotopic (exact) mass is 167 g/mol. The van der Waals surface area contributed by atoms with Crippen molar-refractivity contribution >= 4 is 0 Å². The normalized spacial score (nSPS) is 33.3. The number of rotatable bonds is 1. The molecular formula is C10H17NO. The molecule has 0 saturated heterocycles. The maximum Gasteiger partial charge on any atom is 0.0511 e. The van der Waals surface area contributed by atoms with Crippen molar-refractivity contribution in [3.8, 4) is 0 Å². The molecule has 2 atom stereocenters. The lowest BCUT2D eigenvalue weighted by Crippen LogP contribution is -2.28. The summed E-state index contributed by atoms with van der Waals surface area (Å²) in [4.78, 5) is 0. The maximum absolute atomic E-state index is 8.99. The molecule has 0 heterocycles. The molecule has 0 spiro atoms. The van der Waals surface area contributed by atoms with Crippen LogP contribution in [0.1, 0.15) is 13.8 Å². The van der Waals surface area contributed by atoms with Gasteiger partial charge in [0.15, 0.2) is 0 Å². The van der Waals surface area contributed by atoms with Gasteiger partial charge in [-0.05, 0) is 0 Å². The van der Waals surface area contributed by atoms with Gasteiger partial charge < -0.3 is 10.8 Å². The summed E-state index contributed by atoms with van der Waals surface area (Å²) >= 11 is 0. The van der Waals surface area contributed by atoms with E-state index in [0.29, 0.717) is 0 Å². The molecule has 1 aliphatic carbocycles. The fourth-order valence-corrected chi connectivity index (χ4v) is 1.24. The van der Waals surface area contributed by atoms with Gasteiger partial charge in [0.05, 0.1) is 6.61 Å². The van der Waals surface area contributed by atoms with Crippen LogP contribution in [-0.4, -0.2) is 17.8 Å². The minimum absolute atomic E-state index is 0.0481. The predicted octanol–water partition coefficient (Wildman–Crippen LogP) is 1.07. The van der Waals surface area contributed by atoms with E-state index >= 15 is 0 Å². The first-order valence-corrected chi connectivity index (χ1v) is 4.30. The third kappa shape index (κ3) is 2.19. The average molecular weight is 167 g/mol. The summed E-state index contributed by atoms with van der Waals surface area (Å²) in [7, 11) is 0. The van der Waals surface area contributed by atoms with Gasteiger partial charge >= 0.3 is 0 Å². The third-order valence-electron chi connectivity index (χ3n) is 2.23. The topological polar surface area (TPSA) is 46.2 Å². The number of hydrogen-bond acceptors (Lipinski definition) is 2. The van der Waals surface area contributed by atoms with E-state index in [2.05, 4.69) is 26.0 Å². The molecule has 0 aromatic carbocycles. The van der Waals surface area contributed by atoms with Crippen LogP contribution < -0.4 is 5.73 Å². The molecule has 0 saturated carbocycles. The fourth-order valence-electron chi connectivity index (χ4n) is 1.24. The molecule has 1 rings (SSSR count). The van der Waals surface area contributed by atoms with Gasteiger partial charge in [-0.3, -0.25) is 0 Å². The second kappa shape index (κ2) is 3.42. The Morgan fingerprint density at radius 3 is 2.50 bits per heavy atom. The molecule has 12 heavy (non-hydrogen) atoms. The summed E-state index contributed by atoms with van der Waals surface area (Å²) in [5, 5.41) is 8.99. The maximum atomic E-state index is 8.99. The van der Waals surface area contributed by atoms with Crippen LogP contribution in [0.2, 0.25) is 0 Å². The predicted molar refractivity (Wildman–Crippen MR) is 50.6 cm³/mol. The molecule has 3 N–H and O–H groups in total. The van der Waals surface area contributed by atoms with Crippen LogP contribution in [0, 0.1) is 11.3 Å². The highest BCUT2D eigenvalue weighted by molar-refractivity contribution is 5.17. The molecule has 0 amide bonds. The summed E-state index contributed by atoms with van der Waals surface area (Å²) in [6.45, 7) is 4.36. The van der Waals surface area contributed by atoms with E-state index in [1.807, 2.05) is 12.2 Å². The zero-order chi connectivity index (χ0) is 9.19. The largest absolute Gasteiger partial charge is 0.396 e. The Balaban J connectivity index is 2.82. The summed E-state index contributed by atoms with van der Waals surface area (Å²) < 4.78 is 0. The lowest BCUT2D eigenvalue weighted by molar-refractivity contribution is 0.244. The smallest absolute Gasteiger partial charge is 0.0511 e. The van der Waals surface area contributed by atoms with E-state index in [9.17, 15) is 0 Å². The molecule has 0 bridgehead atoms. The minimum atomic E-state index is -0.0481. The van der Waals surface area contributed by atoms with Gasteiger partial charge in [0.2, 0.25) is 0 Å². The Morgan fingerprint density at radius 2 is 1.92 bits per heavy atom. The third-order valence-corrected chi connectivity index (χ3v) is 2.23. The molecule has 0 fully saturated rings. The zero-order valence-corrected chi connectivity index (χ0v) is 7.70. The lowest BCUT2D eigenvalue weighted by atomic mass is 9.93. The Bertz CT molecular complexity index is 206. The zero-order valence-electron chi connectivity index (χ0n) is 7.70. The van der Waals surface area contributed by atoms with Crippen molar-refractivity contribution in [2.75, 3.05) is 6.61 Å². The van der Waals surface area contributed by atoms with Crippen molar-refractivity contribution in [3.05, 3.63) is 24.3 Å². The number of allylic oxidation sites excluding steroid dienone is 2. The second-order valence-electron chi connectivity index (χ2n) is 3.96. The SMILES string of the molecule is CC1(C)C=CC(CO)[C@@H](N)C=C1. The van der Waals surface area contributed by atoms with Crippen LogP contribution in [0.4, 0.5) is 0 Å². The average Bonchev–Trinajstić information content (AvgIpc) is 2.13. The second-order valence-corrected chi connectivity index (χ2v) is 3.96. The summed E-state index contributed by atoms with van der Waals surface area (Å²) in [6.07, 6.45) is 8.16.